The number of Topliss-reactive ketones (excluding diaryl/α,β-unsaturated/α-hetero) is 1. The van der Waals surface area contributed by atoms with Gasteiger partial charge in [0.1, 0.15) is 0 Å². The zero-order chi connectivity index (χ0) is 15.6. The van der Waals surface area contributed by atoms with Crippen molar-refractivity contribution in [2.45, 2.75) is 40.2 Å². The smallest absolute Gasteiger partial charge is 0.168 e. The fourth-order valence-electron chi connectivity index (χ4n) is 2.26. The molecule has 0 spiro atoms. The van der Waals surface area contributed by atoms with Crippen molar-refractivity contribution in [3.05, 3.63) is 50.2 Å². The lowest BCUT2D eigenvalue weighted by Gasteiger charge is -2.06. The number of rotatable bonds is 5. The summed E-state index contributed by atoms with van der Waals surface area (Å²) >= 11 is 9.80. The number of aryl methyl sites for hydroxylation is 3. The minimum absolute atomic E-state index is 0.0600. The number of hydrogen-bond donors (Lipinski definition) is 0. The Hall–Kier alpha value is -1.13. The van der Waals surface area contributed by atoms with Crippen LogP contribution in [0.25, 0.3) is 0 Å². The van der Waals surface area contributed by atoms with Crippen molar-refractivity contribution in [2.75, 3.05) is 0 Å². The second-order valence-corrected chi connectivity index (χ2v) is 6.17. The molecule has 0 aliphatic rings. The maximum Gasteiger partial charge on any atom is 0.168 e. The van der Waals surface area contributed by atoms with Gasteiger partial charge in [0.25, 0.3) is 0 Å². The van der Waals surface area contributed by atoms with Crippen molar-refractivity contribution in [3.8, 4) is 0 Å². The third-order valence-electron chi connectivity index (χ3n) is 3.50. The second-order valence-electron chi connectivity index (χ2n) is 4.94. The van der Waals surface area contributed by atoms with Crippen LogP contribution >= 0.6 is 27.5 Å². The lowest BCUT2D eigenvalue weighted by atomic mass is 10.0. The van der Waals surface area contributed by atoms with Crippen LogP contribution in [0.1, 0.15) is 41.2 Å². The molecule has 0 unspecified atom stereocenters. The second kappa shape index (κ2) is 6.75. The first-order valence-corrected chi connectivity index (χ1v) is 8.18. The monoisotopic (exact) mass is 368 g/mol. The molecule has 0 bridgehead atoms. The minimum Gasteiger partial charge on any atom is -0.294 e. The Morgan fingerprint density at radius 3 is 2.67 bits per heavy atom. The van der Waals surface area contributed by atoms with Gasteiger partial charge in [-0.2, -0.15) is 5.10 Å². The van der Waals surface area contributed by atoms with E-state index in [1.54, 1.807) is 0 Å². The molecular weight excluding hydrogens is 352 g/mol. The van der Waals surface area contributed by atoms with Gasteiger partial charge in [0.15, 0.2) is 5.78 Å². The van der Waals surface area contributed by atoms with E-state index in [-0.39, 0.29) is 12.2 Å². The van der Waals surface area contributed by atoms with Crippen LogP contribution in [0.5, 0.6) is 0 Å². The van der Waals surface area contributed by atoms with E-state index in [2.05, 4.69) is 21.0 Å². The Bertz CT molecular complexity index is 679. The van der Waals surface area contributed by atoms with Crippen LogP contribution in [0.4, 0.5) is 0 Å². The Balaban J connectivity index is 2.31. The fourth-order valence-corrected chi connectivity index (χ4v) is 2.84. The number of aromatic nitrogens is 2. The van der Waals surface area contributed by atoms with Gasteiger partial charge < -0.3 is 0 Å². The summed E-state index contributed by atoms with van der Waals surface area (Å²) in [6, 6.07) is 5.63. The highest BCUT2D eigenvalue weighted by atomic mass is 79.9. The lowest BCUT2D eigenvalue weighted by molar-refractivity contribution is 0.0990. The minimum atomic E-state index is 0.0600. The zero-order valence-corrected chi connectivity index (χ0v) is 14.8. The van der Waals surface area contributed by atoms with E-state index in [0.717, 1.165) is 27.8 Å². The Kier molecular flexibility index (Phi) is 5.22. The van der Waals surface area contributed by atoms with Crippen LogP contribution in [-0.4, -0.2) is 15.6 Å². The highest BCUT2D eigenvalue weighted by molar-refractivity contribution is 9.10. The molecule has 0 saturated heterocycles. The first-order chi connectivity index (χ1) is 9.97. The van der Waals surface area contributed by atoms with Crippen LogP contribution in [0.15, 0.2) is 22.7 Å². The van der Waals surface area contributed by atoms with Crippen molar-refractivity contribution in [1.82, 2.24) is 9.78 Å². The predicted molar refractivity (Wildman–Crippen MR) is 89.2 cm³/mol. The van der Waals surface area contributed by atoms with Gasteiger partial charge in [0.05, 0.1) is 22.8 Å². The Labute approximate surface area is 138 Å². The molecular formula is C16H18BrClN2O. The molecule has 1 aromatic carbocycles. The first kappa shape index (κ1) is 16.2. The third-order valence-corrected chi connectivity index (χ3v) is 4.83. The molecule has 0 fully saturated rings. The average molecular weight is 370 g/mol. The normalized spacial score (nSPS) is 10.9. The molecule has 0 atom stereocenters. The van der Waals surface area contributed by atoms with Crippen molar-refractivity contribution in [3.63, 3.8) is 0 Å². The highest BCUT2D eigenvalue weighted by Crippen LogP contribution is 2.24. The number of hydrogen-bond acceptors (Lipinski definition) is 2. The summed E-state index contributed by atoms with van der Waals surface area (Å²) in [4.78, 5) is 12.5. The Morgan fingerprint density at radius 1 is 1.38 bits per heavy atom. The highest BCUT2D eigenvalue weighted by Gasteiger charge is 2.18. The van der Waals surface area contributed by atoms with Crippen LogP contribution in [0.2, 0.25) is 5.02 Å². The molecule has 0 aliphatic heterocycles. The van der Waals surface area contributed by atoms with Crippen LogP contribution < -0.4 is 0 Å². The molecule has 0 aliphatic carbocycles. The van der Waals surface area contributed by atoms with E-state index >= 15 is 0 Å². The maximum atomic E-state index is 12.5. The van der Waals surface area contributed by atoms with Gasteiger partial charge in [0, 0.05) is 16.6 Å². The number of halogens is 2. The van der Waals surface area contributed by atoms with E-state index in [0.29, 0.717) is 17.1 Å². The van der Waals surface area contributed by atoms with Gasteiger partial charge in [0.2, 0.25) is 0 Å². The molecule has 2 aromatic rings. The zero-order valence-electron chi connectivity index (χ0n) is 12.4. The van der Waals surface area contributed by atoms with Crippen LogP contribution in [-0.2, 0) is 19.4 Å². The summed E-state index contributed by atoms with van der Waals surface area (Å²) in [5.41, 5.74) is 3.41. The van der Waals surface area contributed by atoms with Gasteiger partial charge in [-0.05, 0) is 38.0 Å². The van der Waals surface area contributed by atoms with Gasteiger partial charge >= 0.3 is 0 Å². The van der Waals surface area contributed by atoms with E-state index in [1.165, 1.54) is 0 Å². The predicted octanol–water partition coefficient (Wildman–Crippen LogP) is 4.62. The summed E-state index contributed by atoms with van der Waals surface area (Å²) in [6.45, 7) is 6.69. The van der Waals surface area contributed by atoms with E-state index in [1.807, 2.05) is 43.7 Å². The summed E-state index contributed by atoms with van der Waals surface area (Å²) in [5, 5.41) is 5.08. The number of ketones is 1. The molecule has 112 valence electrons. The molecule has 0 saturated carbocycles. The molecule has 0 amide bonds. The van der Waals surface area contributed by atoms with Crippen LogP contribution in [0.3, 0.4) is 0 Å². The topological polar surface area (TPSA) is 34.9 Å². The quantitative estimate of drug-likeness (QED) is 0.721. The molecule has 5 heteroatoms. The lowest BCUT2D eigenvalue weighted by Crippen LogP contribution is -2.10. The van der Waals surface area contributed by atoms with E-state index < -0.39 is 0 Å². The molecule has 1 aromatic heterocycles. The van der Waals surface area contributed by atoms with Gasteiger partial charge in [-0.25, -0.2) is 0 Å². The average Bonchev–Trinajstić information content (AvgIpc) is 2.78. The van der Waals surface area contributed by atoms with Crippen molar-refractivity contribution in [2.24, 2.45) is 0 Å². The first-order valence-electron chi connectivity index (χ1n) is 7.01. The number of carbonyl (C=O) groups is 1. The van der Waals surface area contributed by atoms with Crippen LogP contribution in [0, 0.1) is 6.92 Å². The van der Waals surface area contributed by atoms with Gasteiger partial charge in [-0.1, -0.05) is 40.5 Å². The SMILES string of the molecule is CCc1nn(CC)c(CC(=O)c2ccc(Br)c(C)c2)c1Cl. The number of carbonyl (C=O) groups excluding carboxylic acids is 1. The Morgan fingerprint density at radius 2 is 2.10 bits per heavy atom. The van der Waals surface area contributed by atoms with E-state index in [9.17, 15) is 4.79 Å². The number of benzene rings is 1. The van der Waals surface area contributed by atoms with Crippen molar-refractivity contribution < 1.29 is 4.79 Å². The largest absolute Gasteiger partial charge is 0.294 e. The molecule has 0 N–H and O–H groups in total. The summed E-state index contributed by atoms with van der Waals surface area (Å²) in [7, 11) is 0. The molecule has 21 heavy (non-hydrogen) atoms. The standard InChI is InChI=1S/C16H18BrClN2O/c1-4-13-16(18)14(20(5-2)19-13)9-15(21)11-6-7-12(17)10(3)8-11/h6-8H,4-5,9H2,1-3H3. The van der Waals surface area contributed by atoms with E-state index in [4.69, 9.17) is 11.6 Å². The summed E-state index contributed by atoms with van der Waals surface area (Å²) in [5.74, 6) is 0.0600. The molecule has 2 rings (SSSR count). The molecule has 1 heterocycles. The van der Waals surface area contributed by atoms with Crippen molar-refractivity contribution >= 4 is 33.3 Å². The number of nitrogens with zero attached hydrogens (tertiary/aromatic N) is 2. The molecule has 3 nitrogen and oxygen atoms in total. The molecule has 0 radical (unpaired) electrons. The summed E-state index contributed by atoms with van der Waals surface area (Å²) < 4.78 is 2.83. The van der Waals surface area contributed by atoms with Gasteiger partial charge in [-0.3, -0.25) is 9.48 Å². The van der Waals surface area contributed by atoms with Gasteiger partial charge in [-0.15, -0.1) is 0 Å². The fraction of sp³-hybridized carbons (Fsp3) is 0.375. The van der Waals surface area contributed by atoms with Crippen molar-refractivity contribution in [1.29, 1.82) is 0 Å². The maximum absolute atomic E-state index is 12.5. The third kappa shape index (κ3) is 3.38. The summed E-state index contributed by atoms with van der Waals surface area (Å²) in [6.07, 6.45) is 1.05.